The van der Waals surface area contributed by atoms with E-state index < -0.39 is 0 Å². The fourth-order valence-corrected chi connectivity index (χ4v) is 3.77. The predicted octanol–water partition coefficient (Wildman–Crippen LogP) is 4.60. The maximum atomic E-state index is 11.9. The molecule has 1 fully saturated rings. The van der Waals surface area contributed by atoms with Gasteiger partial charge in [-0.05, 0) is 36.6 Å². The van der Waals surface area contributed by atoms with Gasteiger partial charge in [-0.1, -0.05) is 54.9 Å². The first-order valence-corrected chi connectivity index (χ1v) is 11.2. The zero-order valence-electron chi connectivity index (χ0n) is 18.6. The normalized spacial score (nSPS) is 15.8. The third kappa shape index (κ3) is 7.55. The van der Waals surface area contributed by atoms with E-state index in [2.05, 4.69) is 16.7 Å². The second-order valence-corrected chi connectivity index (χ2v) is 7.91. The van der Waals surface area contributed by atoms with Crippen molar-refractivity contribution in [2.45, 2.75) is 45.9 Å². The molecule has 0 saturated carbocycles. The summed E-state index contributed by atoms with van der Waals surface area (Å²) < 4.78 is 5.92. The van der Waals surface area contributed by atoms with E-state index in [0.29, 0.717) is 30.3 Å². The van der Waals surface area contributed by atoms with Crippen LogP contribution in [0.1, 0.15) is 37.8 Å². The second kappa shape index (κ2) is 13.5. The number of hydrogen-bond donors (Lipinski definition) is 2. The molecule has 1 aliphatic heterocycles. The van der Waals surface area contributed by atoms with E-state index in [-0.39, 0.29) is 35.9 Å². The average molecular weight is 571 g/mol. The van der Waals surface area contributed by atoms with Gasteiger partial charge in [-0.3, -0.25) is 4.79 Å². The summed E-state index contributed by atoms with van der Waals surface area (Å²) in [6.45, 7) is 7.20. The highest BCUT2D eigenvalue weighted by molar-refractivity contribution is 14.0. The maximum Gasteiger partial charge on any atom is 0.222 e. The molecule has 2 aromatic rings. The standard InChI is InChI=1S/C24H31ClN4O2.HI/c1-3-23(30)29-14-13-20(16-29)28-24(26-4-2)27-15-18-9-5-6-10-19(18)17-31-22-12-8-7-11-21(22)25;/h5-12,20H,3-4,13-17H2,1-2H3,(H2,26,27,28);1H. The molecule has 2 N–H and O–H groups in total. The molecule has 0 aliphatic carbocycles. The highest BCUT2D eigenvalue weighted by Gasteiger charge is 2.25. The smallest absolute Gasteiger partial charge is 0.222 e. The van der Waals surface area contributed by atoms with E-state index in [4.69, 9.17) is 21.3 Å². The zero-order chi connectivity index (χ0) is 22.1. The molecular weight excluding hydrogens is 539 g/mol. The van der Waals surface area contributed by atoms with Crippen LogP contribution in [-0.4, -0.2) is 42.4 Å². The van der Waals surface area contributed by atoms with Crippen molar-refractivity contribution >= 4 is 47.4 Å². The predicted molar refractivity (Wildman–Crippen MR) is 141 cm³/mol. The Morgan fingerprint density at radius 1 is 1.16 bits per heavy atom. The van der Waals surface area contributed by atoms with Crippen molar-refractivity contribution in [1.82, 2.24) is 15.5 Å². The van der Waals surface area contributed by atoms with Crippen LogP contribution >= 0.6 is 35.6 Å². The molecule has 1 amide bonds. The molecule has 2 aromatic carbocycles. The Kier molecular flexibility index (Phi) is 11.1. The molecule has 1 heterocycles. The lowest BCUT2D eigenvalue weighted by atomic mass is 10.1. The van der Waals surface area contributed by atoms with Gasteiger partial charge < -0.3 is 20.3 Å². The van der Waals surface area contributed by atoms with Gasteiger partial charge in [0.1, 0.15) is 12.4 Å². The number of aliphatic imine (C=N–C) groups is 1. The van der Waals surface area contributed by atoms with Crippen molar-refractivity contribution in [2.75, 3.05) is 19.6 Å². The van der Waals surface area contributed by atoms with Gasteiger partial charge in [0.05, 0.1) is 11.6 Å². The lowest BCUT2D eigenvalue weighted by Crippen LogP contribution is -2.45. The summed E-state index contributed by atoms with van der Waals surface area (Å²) in [5.41, 5.74) is 2.17. The Morgan fingerprint density at radius 2 is 1.88 bits per heavy atom. The fraction of sp³-hybridized carbons (Fsp3) is 0.417. The van der Waals surface area contributed by atoms with E-state index in [1.807, 2.05) is 61.2 Å². The molecule has 0 radical (unpaired) electrons. The minimum atomic E-state index is 0. The van der Waals surface area contributed by atoms with Crippen molar-refractivity contribution in [2.24, 2.45) is 4.99 Å². The molecular formula is C24H32ClIN4O2. The number of ether oxygens (including phenoxy) is 1. The topological polar surface area (TPSA) is 66.0 Å². The summed E-state index contributed by atoms with van der Waals surface area (Å²) in [6.07, 6.45) is 1.48. The molecule has 3 rings (SSSR count). The Bertz CT molecular complexity index is 909. The Morgan fingerprint density at radius 3 is 2.59 bits per heavy atom. The molecule has 0 bridgehead atoms. The molecule has 1 aliphatic rings. The Balaban J connectivity index is 0.00000363. The molecule has 1 unspecified atom stereocenters. The van der Waals surface area contributed by atoms with Crippen LogP contribution in [0.2, 0.25) is 5.02 Å². The minimum absolute atomic E-state index is 0. The lowest BCUT2D eigenvalue weighted by Gasteiger charge is -2.19. The van der Waals surface area contributed by atoms with Gasteiger partial charge in [0.25, 0.3) is 0 Å². The van der Waals surface area contributed by atoms with Crippen LogP contribution in [0.5, 0.6) is 5.75 Å². The molecule has 1 atom stereocenters. The van der Waals surface area contributed by atoms with Crippen molar-refractivity contribution in [1.29, 1.82) is 0 Å². The second-order valence-electron chi connectivity index (χ2n) is 7.51. The van der Waals surface area contributed by atoms with Crippen LogP contribution in [0.15, 0.2) is 53.5 Å². The summed E-state index contributed by atoms with van der Waals surface area (Å²) in [5.74, 6) is 1.64. The molecule has 8 heteroatoms. The third-order valence-electron chi connectivity index (χ3n) is 5.27. The van der Waals surface area contributed by atoms with Crippen molar-refractivity contribution in [3.05, 3.63) is 64.7 Å². The quantitative estimate of drug-likeness (QED) is 0.277. The van der Waals surface area contributed by atoms with Gasteiger partial charge >= 0.3 is 0 Å². The zero-order valence-corrected chi connectivity index (χ0v) is 21.7. The van der Waals surface area contributed by atoms with E-state index in [1.54, 1.807) is 0 Å². The highest BCUT2D eigenvalue weighted by Crippen LogP contribution is 2.24. The SMILES string of the molecule is CCNC(=NCc1ccccc1COc1ccccc1Cl)NC1CCN(C(=O)CC)C1.I. The lowest BCUT2D eigenvalue weighted by molar-refractivity contribution is -0.129. The van der Waals surface area contributed by atoms with Gasteiger partial charge in [-0.2, -0.15) is 0 Å². The number of amides is 1. The number of guanidine groups is 1. The van der Waals surface area contributed by atoms with Gasteiger partial charge in [-0.15, -0.1) is 24.0 Å². The largest absolute Gasteiger partial charge is 0.487 e. The molecule has 6 nitrogen and oxygen atoms in total. The number of hydrogen-bond acceptors (Lipinski definition) is 3. The summed E-state index contributed by atoms with van der Waals surface area (Å²) in [6, 6.07) is 15.8. The van der Waals surface area contributed by atoms with Crippen LogP contribution in [-0.2, 0) is 17.9 Å². The molecule has 0 aromatic heterocycles. The number of nitrogens with zero attached hydrogens (tertiary/aromatic N) is 2. The molecule has 0 spiro atoms. The first kappa shape index (κ1) is 26.3. The summed E-state index contributed by atoms with van der Waals surface area (Å²) in [7, 11) is 0. The fourth-order valence-electron chi connectivity index (χ4n) is 3.58. The highest BCUT2D eigenvalue weighted by atomic mass is 127. The first-order chi connectivity index (χ1) is 15.1. The number of halogens is 2. The number of rotatable bonds is 8. The van der Waals surface area contributed by atoms with Crippen LogP contribution in [0.4, 0.5) is 0 Å². The van der Waals surface area contributed by atoms with Gasteiger partial charge in [0, 0.05) is 32.1 Å². The van der Waals surface area contributed by atoms with Crippen LogP contribution in [0, 0.1) is 0 Å². The van der Waals surface area contributed by atoms with Crippen LogP contribution in [0.3, 0.4) is 0 Å². The first-order valence-electron chi connectivity index (χ1n) is 10.9. The number of likely N-dealkylation sites (tertiary alicyclic amines) is 1. The molecule has 1 saturated heterocycles. The number of benzene rings is 2. The van der Waals surface area contributed by atoms with E-state index in [1.165, 1.54) is 0 Å². The van der Waals surface area contributed by atoms with Crippen molar-refractivity contribution in [3.8, 4) is 5.75 Å². The van der Waals surface area contributed by atoms with Crippen LogP contribution < -0.4 is 15.4 Å². The van der Waals surface area contributed by atoms with E-state index in [0.717, 1.165) is 43.1 Å². The number of para-hydroxylation sites is 1. The Labute approximate surface area is 212 Å². The summed E-state index contributed by atoms with van der Waals surface area (Å²) >= 11 is 6.20. The Hall–Kier alpha value is -2.00. The summed E-state index contributed by atoms with van der Waals surface area (Å²) in [4.78, 5) is 18.6. The van der Waals surface area contributed by atoms with Gasteiger partial charge in [0.15, 0.2) is 5.96 Å². The number of nitrogens with one attached hydrogen (secondary N) is 2. The van der Waals surface area contributed by atoms with Crippen LogP contribution in [0.25, 0.3) is 0 Å². The summed E-state index contributed by atoms with van der Waals surface area (Å²) in [5, 5.41) is 7.39. The number of carbonyl (C=O) groups is 1. The van der Waals surface area contributed by atoms with E-state index >= 15 is 0 Å². The monoisotopic (exact) mass is 570 g/mol. The van der Waals surface area contributed by atoms with Gasteiger partial charge in [-0.25, -0.2) is 4.99 Å². The van der Waals surface area contributed by atoms with Gasteiger partial charge in [0.2, 0.25) is 5.91 Å². The van der Waals surface area contributed by atoms with E-state index in [9.17, 15) is 4.79 Å². The average Bonchev–Trinajstić information content (AvgIpc) is 3.25. The minimum Gasteiger partial charge on any atom is -0.487 e. The molecule has 174 valence electrons. The van der Waals surface area contributed by atoms with Crippen molar-refractivity contribution in [3.63, 3.8) is 0 Å². The maximum absolute atomic E-state index is 11.9. The third-order valence-corrected chi connectivity index (χ3v) is 5.59. The number of carbonyl (C=O) groups excluding carboxylic acids is 1. The van der Waals surface area contributed by atoms with Crippen molar-refractivity contribution < 1.29 is 9.53 Å². The molecule has 32 heavy (non-hydrogen) atoms.